The van der Waals surface area contributed by atoms with E-state index in [1.54, 1.807) is 0 Å². The van der Waals surface area contributed by atoms with E-state index >= 15 is 0 Å². The first-order chi connectivity index (χ1) is 12.7. The highest BCUT2D eigenvalue weighted by Crippen LogP contribution is 2.12. The summed E-state index contributed by atoms with van der Waals surface area (Å²) in [5, 5.41) is 9.37. The number of nitrogens with zero attached hydrogens (tertiary/aromatic N) is 1. The molecule has 1 amide bonds. The Labute approximate surface area is 179 Å². The quantitative estimate of drug-likeness (QED) is 0.309. The SMILES string of the molecule is CCNC(=NCC(=O)NCc1ccccc1)NCC(C)c1ccccc1.I. The van der Waals surface area contributed by atoms with Crippen LogP contribution in [-0.4, -0.2) is 31.5 Å². The summed E-state index contributed by atoms with van der Waals surface area (Å²) in [6.07, 6.45) is 0. The average Bonchev–Trinajstić information content (AvgIpc) is 2.69. The maximum Gasteiger partial charge on any atom is 0.242 e. The van der Waals surface area contributed by atoms with Gasteiger partial charge in [-0.1, -0.05) is 67.6 Å². The van der Waals surface area contributed by atoms with Gasteiger partial charge >= 0.3 is 0 Å². The Hall–Kier alpha value is -2.09. The summed E-state index contributed by atoms with van der Waals surface area (Å²) >= 11 is 0. The molecule has 146 valence electrons. The highest BCUT2D eigenvalue weighted by Gasteiger charge is 2.07. The number of hydrogen-bond acceptors (Lipinski definition) is 2. The first-order valence-electron chi connectivity index (χ1n) is 9.06. The van der Waals surface area contributed by atoms with Crippen molar-refractivity contribution in [3.63, 3.8) is 0 Å². The molecule has 6 heteroatoms. The van der Waals surface area contributed by atoms with Gasteiger partial charge in [-0.15, -0.1) is 24.0 Å². The average molecular weight is 480 g/mol. The normalized spacial score (nSPS) is 11.9. The summed E-state index contributed by atoms with van der Waals surface area (Å²) in [6.45, 7) is 6.29. The lowest BCUT2D eigenvalue weighted by Crippen LogP contribution is -2.40. The Kier molecular flexibility index (Phi) is 11.2. The van der Waals surface area contributed by atoms with Gasteiger partial charge in [-0.25, -0.2) is 4.99 Å². The highest BCUT2D eigenvalue weighted by atomic mass is 127. The van der Waals surface area contributed by atoms with Crippen molar-refractivity contribution in [2.24, 2.45) is 4.99 Å². The Morgan fingerprint density at radius 2 is 1.59 bits per heavy atom. The molecule has 27 heavy (non-hydrogen) atoms. The molecule has 2 rings (SSSR count). The molecule has 0 aromatic heterocycles. The van der Waals surface area contributed by atoms with Crippen molar-refractivity contribution in [1.82, 2.24) is 16.0 Å². The summed E-state index contributed by atoms with van der Waals surface area (Å²) in [6, 6.07) is 20.2. The minimum atomic E-state index is -0.0952. The fourth-order valence-corrected chi connectivity index (χ4v) is 2.49. The molecular weight excluding hydrogens is 451 g/mol. The van der Waals surface area contributed by atoms with Gasteiger partial charge in [-0.2, -0.15) is 0 Å². The fraction of sp³-hybridized carbons (Fsp3) is 0.333. The van der Waals surface area contributed by atoms with Gasteiger partial charge in [-0.05, 0) is 24.0 Å². The van der Waals surface area contributed by atoms with Gasteiger partial charge in [0.1, 0.15) is 6.54 Å². The van der Waals surface area contributed by atoms with Gasteiger partial charge in [0.25, 0.3) is 0 Å². The Morgan fingerprint density at radius 1 is 0.963 bits per heavy atom. The van der Waals surface area contributed by atoms with Crippen molar-refractivity contribution >= 4 is 35.8 Å². The highest BCUT2D eigenvalue weighted by molar-refractivity contribution is 14.0. The van der Waals surface area contributed by atoms with Gasteiger partial charge in [0.15, 0.2) is 5.96 Å². The van der Waals surface area contributed by atoms with Crippen LogP contribution in [0.5, 0.6) is 0 Å². The number of nitrogens with one attached hydrogen (secondary N) is 3. The second-order valence-corrected chi connectivity index (χ2v) is 6.15. The monoisotopic (exact) mass is 480 g/mol. The van der Waals surface area contributed by atoms with E-state index in [-0.39, 0.29) is 36.4 Å². The van der Waals surface area contributed by atoms with E-state index in [1.807, 2.05) is 55.5 Å². The third-order valence-electron chi connectivity index (χ3n) is 4.00. The molecular formula is C21H29IN4O. The predicted molar refractivity (Wildman–Crippen MR) is 123 cm³/mol. The third-order valence-corrected chi connectivity index (χ3v) is 4.00. The van der Waals surface area contributed by atoms with Crippen LogP contribution in [0.25, 0.3) is 0 Å². The van der Waals surface area contributed by atoms with Crippen molar-refractivity contribution in [2.45, 2.75) is 26.3 Å². The Morgan fingerprint density at radius 3 is 2.22 bits per heavy atom. The number of guanidine groups is 1. The number of amides is 1. The molecule has 0 aliphatic carbocycles. The van der Waals surface area contributed by atoms with Gasteiger partial charge < -0.3 is 16.0 Å². The Bertz CT molecular complexity index is 692. The second kappa shape index (κ2) is 13.1. The zero-order valence-electron chi connectivity index (χ0n) is 15.9. The number of benzene rings is 2. The van der Waals surface area contributed by atoms with Crippen LogP contribution < -0.4 is 16.0 Å². The van der Waals surface area contributed by atoms with Gasteiger partial charge in [0.2, 0.25) is 5.91 Å². The predicted octanol–water partition coefficient (Wildman–Crippen LogP) is 3.28. The number of hydrogen-bond donors (Lipinski definition) is 3. The molecule has 2 aromatic carbocycles. The first kappa shape index (κ1) is 23.0. The van der Waals surface area contributed by atoms with E-state index < -0.39 is 0 Å². The van der Waals surface area contributed by atoms with Crippen LogP contribution in [0.2, 0.25) is 0 Å². The van der Waals surface area contributed by atoms with E-state index in [2.05, 4.69) is 40.0 Å². The largest absolute Gasteiger partial charge is 0.357 e. The lowest BCUT2D eigenvalue weighted by molar-refractivity contribution is -0.119. The molecule has 0 bridgehead atoms. The van der Waals surface area contributed by atoms with E-state index in [9.17, 15) is 4.79 Å². The maximum absolute atomic E-state index is 12.0. The van der Waals surface area contributed by atoms with Crippen molar-refractivity contribution in [2.75, 3.05) is 19.6 Å². The minimum absolute atomic E-state index is 0. The van der Waals surface area contributed by atoms with E-state index in [0.29, 0.717) is 18.4 Å². The first-order valence-corrected chi connectivity index (χ1v) is 9.06. The fourth-order valence-electron chi connectivity index (χ4n) is 2.49. The summed E-state index contributed by atoms with van der Waals surface area (Å²) in [5.74, 6) is 0.916. The van der Waals surface area contributed by atoms with Crippen LogP contribution in [0.4, 0.5) is 0 Å². The molecule has 0 aliphatic heterocycles. The number of carbonyl (C=O) groups excluding carboxylic acids is 1. The van der Waals surface area contributed by atoms with Crippen molar-refractivity contribution in [3.8, 4) is 0 Å². The molecule has 0 saturated carbocycles. The van der Waals surface area contributed by atoms with Crippen LogP contribution in [0.15, 0.2) is 65.7 Å². The van der Waals surface area contributed by atoms with Gasteiger partial charge in [0.05, 0.1) is 0 Å². The maximum atomic E-state index is 12.0. The molecule has 0 saturated heterocycles. The van der Waals surface area contributed by atoms with Crippen LogP contribution in [0.1, 0.15) is 30.9 Å². The van der Waals surface area contributed by atoms with Crippen LogP contribution >= 0.6 is 24.0 Å². The van der Waals surface area contributed by atoms with E-state index in [4.69, 9.17) is 0 Å². The molecule has 0 fully saturated rings. The topological polar surface area (TPSA) is 65.5 Å². The van der Waals surface area contributed by atoms with E-state index in [0.717, 1.165) is 18.7 Å². The molecule has 5 nitrogen and oxygen atoms in total. The lowest BCUT2D eigenvalue weighted by atomic mass is 10.0. The zero-order valence-corrected chi connectivity index (χ0v) is 18.3. The molecule has 1 atom stereocenters. The van der Waals surface area contributed by atoms with Crippen molar-refractivity contribution < 1.29 is 4.79 Å². The lowest BCUT2D eigenvalue weighted by Gasteiger charge is -2.16. The molecule has 0 aliphatic rings. The summed E-state index contributed by atoms with van der Waals surface area (Å²) in [4.78, 5) is 16.4. The number of carbonyl (C=O) groups is 1. The zero-order chi connectivity index (χ0) is 18.6. The number of aliphatic imine (C=N–C) groups is 1. The van der Waals surface area contributed by atoms with Gasteiger partial charge in [0, 0.05) is 19.6 Å². The second-order valence-electron chi connectivity index (χ2n) is 6.15. The summed E-state index contributed by atoms with van der Waals surface area (Å²) in [7, 11) is 0. The third kappa shape index (κ3) is 8.90. The molecule has 2 aromatic rings. The minimum Gasteiger partial charge on any atom is -0.357 e. The molecule has 0 spiro atoms. The number of halogens is 1. The molecule has 3 N–H and O–H groups in total. The standard InChI is InChI=1S/C21H28N4O.HI/c1-3-22-21(24-14-17(2)19-12-8-5-9-13-19)25-16-20(26)23-15-18-10-6-4-7-11-18;/h4-13,17H,3,14-16H2,1-2H3,(H,23,26)(H2,22,24,25);1H. The van der Waals surface area contributed by atoms with Crippen molar-refractivity contribution in [3.05, 3.63) is 71.8 Å². The van der Waals surface area contributed by atoms with Crippen LogP contribution in [0, 0.1) is 0 Å². The van der Waals surface area contributed by atoms with E-state index in [1.165, 1.54) is 5.56 Å². The Balaban J connectivity index is 0.00000364. The number of rotatable bonds is 8. The van der Waals surface area contributed by atoms with Gasteiger partial charge in [-0.3, -0.25) is 4.79 Å². The summed E-state index contributed by atoms with van der Waals surface area (Å²) in [5.41, 5.74) is 2.35. The molecule has 0 radical (unpaired) electrons. The van der Waals surface area contributed by atoms with Crippen LogP contribution in [-0.2, 0) is 11.3 Å². The smallest absolute Gasteiger partial charge is 0.242 e. The summed E-state index contributed by atoms with van der Waals surface area (Å²) < 4.78 is 0. The molecule has 0 heterocycles. The molecule has 1 unspecified atom stereocenters. The van der Waals surface area contributed by atoms with Crippen LogP contribution in [0.3, 0.4) is 0 Å². The van der Waals surface area contributed by atoms with Crippen molar-refractivity contribution in [1.29, 1.82) is 0 Å².